The number of benzene rings is 3. The number of rotatable bonds is 10. The predicted molar refractivity (Wildman–Crippen MR) is 115 cm³/mol. The van der Waals surface area contributed by atoms with E-state index in [4.69, 9.17) is 4.74 Å². The standard InChI is InChI=1S/C25H31NO/c1-3-4-5-8-16-27-25-15-14-22-12-6-7-13-23(22)24(25)19-26-18-21-11-9-10-20(2)17-21/h6-7,9-15,17,26H,3-5,8,16,18-19H2,1-2H3. The maximum absolute atomic E-state index is 6.17. The average Bonchev–Trinajstić information content (AvgIpc) is 2.69. The van der Waals surface area contributed by atoms with Crippen LogP contribution >= 0.6 is 0 Å². The molecular weight excluding hydrogens is 330 g/mol. The Morgan fingerprint density at radius 3 is 2.59 bits per heavy atom. The summed E-state index contributed by atoms with van der Waals surface area (Å²) in [5.41, 5.74) is 3.88. The second kappa shape index (κ2) is 10.1. The quantitative estimate of drug-likeness (QED) is 0.422. The van der Waals surface area contributed by atoms with E-state index in [-0.39, 0.29) is 0 Å². The van der Waals surface area contributed by atoms with Crippen LogP contribution < -0.4 is 10.1 Å². The first kappa shape index (κ1) is 19.4. The topological polar surface area (TPSA) is 21.3 Å². The molecule has 27 heavy (non-hydrogen) atoms. The minimum absolute atomic E-state index is 0.795. The highest BCUT2D eigenvalue weighted by Gasteiger charge is 2.09. The van der Waals surface area contributed by atoms with Gasteiger partial charge in [-0.2, -0.15) is 0 Å². The van der Waals surface area contributed by atoms with Crippen molar-refractivity contribution in [1.82, 2.24) is 5.32 Å². The predicted octanol–water partition coefficient (Wildman–Crippen LogP) is 6.40. The lowest BCUT2D eigenvalue weighted by Crippen LogP contribution is -2.14. The molecule has 0 spiro atoms. The average molecular weight is 362 g/mol. The summed E-state index contributed by atoms with van der Waals surface area (Å²) in [6.45, 7) is 6.84. The van der Waals surface area contributed by atoms with Gasteiger partial charge < -0.3 is 10.1 Å². The molecule has 0 bridgehead atoms. The van der Waals surface area contributed by atoms with Gasteiger partial charge in [0.05, 0.1) is 6.61 Å². The van der Waals surface area contributed by atoms with Crippen LogP contribution in [-0.2, 0) is 13.1 Å². The second-order valence-corrected chi connectivity index (χ2v) is 7.27. The fourth-order valence-electron chi connectivity index (χ4n) is 3.50. The van der Waals surface area contributed by atoms with Crippen molar-refractivity contribution < 1.29 is 4.74 Å². The number of aryl methyl sites for hydroxylation is 1. The molecule has 0 radical (unpaired) electrons. The van der Waals surface area contributed by atoms with Gasteiger partial charge in [0.25, 0.3) is 0 Å². The van der Waals surface area contributed by atoms with Crippen LogP contribution in [-0.4, -0.2) is 6.61 Å². The van der Waals surface area contributed by atoms with Gasteiger partial charge in [-0.25, -0.2) is 0 Å². The summed E-state index contributed by atoms with van der Waals surface area (Å²) in [5.74, 6) is 1.02. The number of hydrogen-bond acceptors (Lipinski definition) is 2. The lowest BCUT2D eigenvalue weighted by Gasteiger charge is -2.15. The zero-order valence-corrected chi connectivity index (χ0v) is 16.6. The summed E-state index contributed by atoms with van der Waals surface area (Å²) in [5, 5.41) is 6.15. The molecule has 3 aromatic carbocycles. The maximum atomic E-state index is 6.17. The molecule has 0 fully saturated rings. The number of fused-ring (bicyclic) bond motifs is 1. The Morgan fingerprint density at radius 1 is 0.852 bits per heavy atom. The number of ether oxygens (including phenoxy) is 1. The molecule has 0 atom stereocenters. The Labute approximate surface area is 163 Å². The third-order valence-corrected chi connectivity index (χ3v) is 4.97. The summed E-state index contributed by atoms with van der Waals surface area (Å²) in [6, 6.07) is 21.5. The molecule has 0 aliphatic carbocycles. The summed E-state index contributed by atoms with van der Waals surface area (Å²) in [7, 11) is 0. The molecule has 0 heterocycles. The summed E-state index contributed by atoms with van der Waals surface area (Å²) in [4.78, 5) is 0. The molecule has 0 saturated heterocycles. The summed E-state index contributed by atoms with van der Waals surface area (Å²) >= 11 is 0. The van der Waals surface area contributed by atoms with Gasteiger partial charge in [0, 0.05) is 18.7 Å². The lowest BCUT2D eigenvalue weighted by atomic mass is 10.0. The Kier molecular flexibility index (Phi) is 7.29. The van der Waals surface area contributed by atoms with Gasteiger partial charge in [-0.1, -0.05) is 86.3 Å². The molecule has 2 heteroatoms. The Hall–Kier alpha value is -2.32. The first-order valence-corrected chi connectivity index (χ1v) is 10.2. The highest BCUT2D eigenvalue weighted by molar-refractivity contribution is 5.87. The van der Waals surface area contributed by atoms with Crippen LogP contribution in [0, 0.1) is 6.92 Å². The van der Waals surface area contributed by atoms with Crippen molar-refractivity contribution in [2.24, 2.45) is 0 Å². The molecule has 0 aliphatic rings. The van der Waals surface area contributed by atoms with Crippen LogP contribution in [0.3, 0.4) is 0 Å². The molecule has 3 rings (SSSR count). The van der Waals surface area contributed by atoms with Gasteiger partial charge in [0.15, 0.2) is 0 Å². The van der Waals surface area contributed by atoms with Gasteiger partial charge >= 0.3 is 0 Å². The van der Waals surface area contributed by atoms with Crippen LogP contribution in [0.4, 0.5) is 0 Å². The van der Waals surface area contributed by atoms with E-state index in [0.717, 1.165) is 31.9 Å². The normalized spacial score (nSPS) is 11.0. The molecule has 0 amide bonds. The van der Waals surface area contributed by atoms with Crippen LogP contribution in [0.1, 0.15) is 49.3 Å². The van der Waals surface area contributed by atoms with Crippen molar-refractivity contribution in [3.8, 4) is 5.75 Å². The zero-order chi connectivity index (χ0) is 18.9. The third kappa shape index (κ3) is 5.58. The number of nitrogens with one attached hydrogen (secondary N) is 1. The van der Waals surface area contributed by atoms with Crippen molar-refractivity contribution in [3.05, 3.63) is 77.4 Å². The molecule has 0 unspecified atom stereocenters. The van der Waals surface area contributed by atoms with E-state index >= 15 is 0 Å². The Balaban J connectivity index is 1.71. The molecule has 142 valence electrons. The lowest BCUT2D eigenvalue weighted by molar-refractivity contribution is 0.302. The minimum atomic E-state index is 0.795. The smallest absolute Gasteiger partial charge is 0.124 e. The van der Waals surface area contributed by atoms with Crippen LogP contribution in [0.2, 0.25) is 0 Å². The Morgan fingerprint density at radius 2 is 1.74 bits per heavy atom. The van der Waals surface area contributed by atoms with E-state index in [1.165, 1.54) is 46.7 Å². The first-order chi connectivity index (χ1) is 13.3. The molecule has 1 N–H and O–H groups in total. The highest BCUT2D eigenvalue weighted by atomic mass is 16.5. The minimum Gasteiger partial charge on any atom is -0.493 e. The second-order valence-electron chi connectivity index (χ2n) is 7.27. The largest absolute Gasteiger partial charge is 0.493 e. The number of hydrogen-bond donors (Lipinski definition) is 1. The van der Waals surface area contributed by atoms with E-state index in [2.05, 4.69) is 79.8 Å². The van der Waals surface area contributed by atoms with E-state index in [1.54, 1.807) is 0 Å². The first-order valence-electron chi connectivity index (χ1n) is 10.2. The fourth-order valence-corrected chi connectivity index (χ4v) is 3.50. The van der Waals surface area contributed by atoms with E-state index < -0.39 is 0 Å². The summed E-state index contributed by atoms with van der Waals surface area (Å²) < 4.78 is 6.17. The SMILES string of the molecule is CCCCCCOc1ccc2ccccc2c1CNCc1cccc(C)c1. The molecule has 0 aromatic heterocycles. The van der Waals surface area contributed by atoms with Gasteiger partial charge in [-0.15, -0.1) is 0 Å². The number of unbranched alkanes of at least 4 members (excludes halogenated alkanes) is 3. The van der Waals surface area contributed by atoms with Gasteiger partial charge in [-0.3, -0.25) is 0 Å². The van der Waals surface area contributed by atoms with E-state index in [1.807, 2.05) is 0 Å². The molecule has 3 aromatic rings. The van der Waals surface area contributed by atoms with E-state index in [9.17, 15) is 0 Å². The van der Waals surface area contributed by atoms with Gasteiger partial charge in [0.2, 0.25) is 0 Å². The molecule has 0 saturated carbocycles. The van der Waals surface area contributed by atoms with Crippen molar-refractivity contribution in [2.45, 2.75) is 52.6 Å². The Bertz CT molecular complexity index is 856. The highest BCUT2D eigenvalue weighted by Crippen LogP contribution is 2.28. The summed E-state index contributed by atoms with van der Waals surface area (Å²) in [6.07, 6.45) is 4.90. The van der Waals surface area contributed by atoms with Crippen molar-refractivity contribution >= 4 is 10.8 Å². The molecule has 0 aliphatic heterocycles. The van der Waals surface area contributed by atoms with Crippen LogP contribution in [0.15, 0.2) is 60.7 Å². The fraction of sp³-hybridized carbons (Fsp3) is 0.360. The monoisotopic (exact) mass is 361 g/mol. The van der Waals surface area contributed by atoms with Crippen LogP contribution in [0.5, 0.6) is 5.75 Å². The zero-order valence-electron chi connectivity index (χ0n) is 16.6. The van der Waals surface area contributed by atoms with Crippen LogP contribution in [0.25, 0.3) is 10.8 Å². The molecular formula is C25H31NO. The molecule has 2 nitrogen and oxygen atoms in total. The van der Waals surface area contributed by atoms with Gasteiger partial charge in [-0.05, 0) is 35.7 Å². The van der Waals surface area contributed by atoms with Gasteiger partial charge in [0.1, 0.15) is 5.75 Å². The van der Waals surface area contributed by atoms with Crippen molar-refractivity contribution in [2.75, 3.05) is 6.61 Å². The van der Waals surface area contributed by atoms with E-state index in [0.29, 0.717) is 0 Å². The third-order valence-electron chi connectivity index (χ3n) is 4.97. The van der Waals surface area contributed by atoms with Crippen molar-refractivity contribution in [1.29, 1.82) is 0 Å². The van der Waals surface area contributed by atoms with Crippen molar-refractivity contribution in [3.63, 3.8) is 0 Å². The maximum Gasteiger partial charge on any atom is 0.124 e.